The summed E-state index contributed by atoms with van der Waals surface area (Å²) in [6, 6.07) is 13.4. The molecule has 0 radical (unpaired) electrons. The number of benzene rings is 2. The number of hydrogen-bond acceptors (Lipinski definition) is 2. The lowest BCUT2D eigenvalue weighted by molar-refractivity contribution is 0.767. The Morgan fingerprint density at radius 1 is 0.962 bits per heavy atom. The molecule has 0 bridgehead atoms. The van der Waals surface area contributed by atoms with Gasteiger partial charge in [0, 0.05) is 33.6 Å². The number of hydrogen-bond donors (Lipinski definition) is 1. The van der Waals surface area contributed by atoms with Gasteiger partial charge in [0.25, 0.3) is 0 Å². The van der Waals surface area contributed by atoms with E-state index < -0.39 is 0 Å². The number of halogens is 3. The van der Waals surface area contributed by atoms with Gasteiger partial charge in [0.1, 0.15) is 5.82 Å². The minimum absolute atomic E-state index is 0.644. The molecule has 1 aliphatic heterocycles. The maximum absolute atomic E-state index is 6.39. The molecule has 4 rings (SSSR count). The van der Waals surface area contributed by atoms with Crippen LogP contribution in [0.25, 0.3) is 5.69 Å². The predicted octanol–water partition coefficient (Wildman–Crippen LogP) is 6.17. The Balaban J connectivity index is 1.78. The van der Waals surface area contributed by atoms with Gasteiger partial charge in [-0.3, -0.25) is 0 Å². The van der Waals surface area contributed by atoms with Crippen molar-refractivity contribution in [3.63, 3.8) is 0 Å². The second kappa shape index (κ2) is 7.51. The van der Waals surface area contributed by atoms with Gasteiger partial charge in [-0.1, -0.05) is 40.9 Å². The number of rotatable bonds is 3. The molecule has 0 saturated heterocycles. The maximum atomic E-state index is 6.39. The quantitative estimate of drug-likeness (QED) is 0.563. The van der Waals surface area contributed by atoms with Gasteiger partial charge < -0.3 is 5.32 Å². The fraction of sp³-hybridized carbons (Fsp3) is 0.250. The molecule has 2 heterocycles. The minimum Gasteiger partial charge on any atom is -0.370 e. The van der Waals surface area contributed by atoms with Gasteiger partial charge in [0.2, 0.25) is 0 Å². The zero-order valence-electron chi connectivity index (χ0n) is 14.1. The molecule has 0 unspecified atom stereocenters. The van der Waals surface area contributed by atoms with E-state index in [0.29, 0.717) is 21.5 Å². The first kappa shape index (κ1) is 17.7. The molecule has 0 amide bonds. The Morgan fingerprint density at radius 2 is 1.73 bits per heavy atom. The van der Waals surface area contributed by atoms with Crippen molar-refractivity contribution in [2.45, 2.75) is 25.7 Å². The van der Waals surface area contributed by atoms with Gasteiger partial charge in [-0.2, -0.15) is 5.10 Å². The van der Waals surface area contributed by atoms with Crippen LogP contribution in [0.15, 0.2) is 42.5 Å². The molecule has 134 valence electrons. The predicted molar refractivity (Wildman–Crippen MR) is 109 cm³/mol. The van der Waals surface area contributed by atoms with Crippen molar-refractivity contribution in [3.05, 3.63) is 74.4 Å². The topological polar surface area (TPSA) is 29.9 Å². The van der Waals surface area contributed by atoms with E-state index in [1.807, 2.05) is 41.1 Å². The maximum Gasteiger partial charge on any atom is 0.133 e. The van der Waals surface area contributed by atoms with Gasteiger partial charge in [-0.05, 0) is 61.2 Å². The number of aromatic nitrogens is 2. The van der Waals surface area contributed by atoms with E-state index in [-0.39, 0.29) is 0 Å². The molecule has 26 heavy (non-hydrogen) atoms. The summed E-state index contributed by atoms with van der Waals surface area (Å²) in [7, 11) is 0. The lowest BCUT2D eigenvalue weighted by Crippen LogP contribution is -2.07. The van der Waals surface area contributed by atoms with Crippen LogP contribution >= 0.6 is 34.8 Å². The fourth-order valence-electron chi connectivity index (χ4n) is 3.33. The summed E-state index contributed by atoms with van der Waals surface area (Å²) in [5.74, 6) is 1.07. The Kier molecular flexibility index (Phi) is 5.12. The van der Waals surface area contributed by atoms with E-state index in [1.54, 1.807) is 6.07 Å². The Hall–Kier alpha value is -1.68. The van der Waals surface area contributed by atoms with Crippen LogP contribution < -0.4 is 5.32 Å². The van der Waals surface area contributed by atoms with E-state index in [4.69, 9.17) is 39.9 Å². The van der Waals surface area contributed by atoms with Gasteiger partial charge in [0.15, 0.2) is 0 Å². The molecule has 1 aliphatic rings. The van der Waals surface area contributed by atoms with Crippen LogP contribution in [0.3, 0.4) is 0 Å². The third-order valence-corrected chi connectivity index (χ3v) is 5.50. The highest BCUT2D eigenvalue weighted by atomic mass is 35.5. The van der Waals surface area contributed by atoms with Crippen LogP contribution in [0, 0.1) is 0 Å². The van der Waals surface area contributed by atoms with Crippen molar-refractivity contribution in [1.82, 2.24) is 9.78 Å². The number of fused-ring (bicyclic) bond motifs is 1. The largest absolute Gasteiger partial charge is 0.370 e. The molecule has 1 N–H and O–H groups in total. The summed E-state index contributed by atoms with van der Waals surface area (Å²) < 4.78 is 1.98. The average molecular weight is 407 g/mol. The number of anilines is 1. The zero-order chi connectivity index (χ0) is 18.1. The molecule has 0 spiro atoms. The van der Waals surface area contributed by atoms with Crippen LogP contribution in [0.4, 0.5) is 5.82 Å². The molecule has 6 heteroatoms. The molecule has 2 aromatic carbocycles. The highest BCUT2D eigenvalue weighted by Crippen LogP contribution is 2.31. The molecule has 1 aromatic heterocycles. The summed E-state index contributed by atoms with van der Waals surface area (Å²) in [5.41, 5.74) is 4.34. The molecular weight excluding hydrogens is 389 g/mol. The summed E-state index contributed by atoms with van der Waals surface area (Å²) in [4.78, 5) is 0. The first-order chi connectivity index (χ1) is 12.6. The van der Waals surface area contributed by atoms with Gasteiger partial charge >= 0.3 is 0 Å². The monoisotopic (exact) mass is 405 g/mol. The van der Waals surface area contributed by atoms with E-state index in [9.17, 15) is 0 Å². The molecule has 0 aliphatic carbocycles. The Labute approximate surface area is 167 Å². The lowest BCUT2D eigenvalue weighted by atomic mass is 10.0. The smallest absolute Gasteiger partial charge is 0.133 e. The first-order valence-electron chi connectivity index (χ1n) is 8.66. The summed E-state index contributed by atoms with van der Waals surface area (Å²) in [5, 5.41) is 10.5. The number of nitrogens with zero attached hydrogens (tertiary/aromatic N) is 2. The lowest BCUT2D eigenvalue weighted by Gasteiger charge is -2.09. The van der Waals surface area contributed by atoms with Crippen molar-refractivity contribution in [2.75, 3.05) is 11.9 Å². The fourth-order valence-corrected chi connectivity index (χ4v) is 3.93. The van der Waals surface area contributed by atoms with Crippen LogP contribution in [0.1, 0.15) is 29.7 Å². The van der Waals surface area contributed by atoms with Crippen molar-refractivity contribution in [3.8, 4) is 5.69 Å². The Bertz CT molecular complexity index is 932. The van der Waals surface area contributed by atoms with E-state index in [1.165, 1.54) is 5.56 Å². The summed E-state index contributed by atoms with van der Waals surface area (Å²) in [6.07, 6.45) is 3.99. The van der Waals surface area contributed by atoms with Crippen molar-refractivity contribution in [1.29, 1.82) is 0 Å². The Morgan fingerprint density at radius 3 is 2.50 bits per heavy atom. The molecule has 0 atom stereocenters. The van der Waals surface area contributed by atoms with Crippen LogP contribution in [-0.2, 0) is 12.8 Å². The summed E-state index contributed by atoms with van der Waals surface area (Å²) in [6.45, 7) is 0.952. The molecule has 0 fully saturated rings. The van der Waals surface area contributed by atoms with E-state index >= 15 is 0 Å². The second-order valence-corrected chi connectivity index (χ2v) is 7.74. The molecule has 0 saturated carbocycles. The van der Waals surface area contributed by atoms with E-state index in [0.717, 1.165) is 48.6 Å². The third kappa shape index (κ3) is 3.57. The van der Waals surface area contributed by atoms with Crippen molar-refractivity contribution >= 4 is 40.6 Å². The zero-order valence-corrected chi connectivity index (χ0v) is 16.4. The van der Waals surface area contributed by atoms with Crippen LogP contribution in [0.5, 0.6) is 0 Å². The highest BCUT2D eigenvalue weighted by molar-refractivity contribution is 6.35. The average Bonchev–Trinajstić information content (AvgIpc) is 2.80. The van der Waals surface area contributed by atoms with Crippen LogP contribution in [0.2, 0.25) is 15.1 Å². The third-order valence-electron chi connectivity index (χ3n) is 4.66. The van der Waals surface area contributed by atoms with Gasteiger partial charge in [0.05, 0.1) is 11.4 Å². The highest BCUT2D eigenvalue weighted by Gasteiger charge is 2.21. The molecular formula is C20H18Cl3N3. The van der Waals surface area contributed by atoms with Crippen molar-refractivity contribution in [2.24, 2.45) is 0 Å². The standard InChI is InChI=1S/C20H18Cl3N3/c21-14-6-8-16(9-7-14)26-20-17(3-1-2-10-24-20)19(25-26)11-13-4-5-15(22)12-18(13)23/h4-9,12,24H,1-3,10-11H2. The number of nitrogens with one attached hydrogen (secondary N) is 1. The van der Waals surface area contributed by atoms with Gasteiger partial charge in [-0.25, -0.2) is 4.68 Å². The van der Waals surface area contributed by atoms with Crippen LogP contribution in [-0.4, -0.2) is 16.3 Å². The van der Waals surface area contributed by atoms with E-state index in [2.05, 4.69) is 5.32 Å². The van der Waals surface area contributed by atoms with Crippen molar-refractivity contribution < 1.29 is 0 Å². The minimum atomic E-state index is 0.644. The SMILES string of the molecule is Clc1ccc(-n2nc(Cc3ccc(Cl)cc3Cl)c3c2NCCCC3)cc1. The molecule has 3 aromatic rings. The second-order valence-electron chi connectivity index (χ2n) is 6.46. The molecule has 3 nitrogen and oxygen atoms in total. The first-order valence-corrected chi connectivity index (χ1v) is 9.80. The normalized spacial score (nSPS) is 13.8. The van der Waals surface area contributed by atoms with Gasteiger partial charge in [-0.15, -0.1) is 0 Å². The summed E-state index contributed by atoms with van der Waals surface area (Å²) >= 11 is 18.5.